The maximum atomic E-state index is 13.0. The molecule has 0 aliphatic heterocycles. The van der Waals surface area contributed by atoms with Gasteiger partial charge in [0.2, 0.25) is 0 Å². The predicted molar refractivity (Wildman–Crippen MR) is 130 cm³/mol. The van der Waals surface area contributed by atoms with E-state index in [0.717, 1.165) is 12.1 Å². The van der Waals surface area contributed by atoms with E-state index in [1.807, 2.05) is 0 Å². The number of hydrogen-bond acceptors (Lipinski definition) is 7. The van der Waals surface area contributed by atoms with E-state index in [0.29, 0.717) is 14.5 Å². The van der Waals surface area contributed by atoms with Gasteiger partial charge in [-0.25, -0.2) is 8.42 Å². The summed E-state index contributed by atoms with van der Waals surface area (Å²) in [6, 6.07) is 12.7. The third-order valence-corrected chi connectivity index (χ3v) is 6.97. The molecular formula is C19H13Br2ClN4O5S. The molecule has 3 aromatic carbocycles. The Morgan fingerprint density at radius 2 is 1.72 bits per heavy atom. The van der Waals surface area contributed by atoms with Gasteiger partial charge in [0.25, 0.3) is 15.7 Å². The van der Waals surface area contributed by atoms with E-state index in [1.54, 1.807) is 24.3 Å². The number of nitrogens with zero attached hydrogens (tertiary/aromatic N) is 2. The van der Waals surface area contributed by atoms with Crippen molar-refractivity contribution in [3.63, 3.8) is 0 Å². The van der Waals surface area contributed by atoms with Crippen molar-refractivity contribution < 1.29 is 18.4 Å². The molecule has 0 aromatic heterocycles. The van der Waals surface area contributed by atoms with Crippen molar-refractivity contribution in [1.29, 1.82) is 0 Å². The number of nitro benzene ring substituents is 1. The van der Waals surface area contributed by atoms with Crippen LogP contribution in [0.5, 0.6) is 5.75 Å². The largest absolute Gasteiger partial charge is 0.506 e. The van der Waals surface area contributed by atoms with Crippen LogP contribution in [0.2, 0.25) is 5.02 Å². The summed E-state index contributed by atoms with van der Waals surface area (Å²) in [5.41, 5.74) is 2.88. The first-order valence-corrected chi connectivity index (χ1v) is 12.1. The molecule has 0 aliphatic rings. The van der Waals surface area contributed by atoms with E-state index in [4.69, 9.17) is 11.6 Å². The topological polar surface area (TPSA) is 134 Å². The second-order valence-corrected chi connectivity index (χ2v) is 9.99. The van der Waals surface area contributed by atoms with Gasteiger partial charge < -0.3 is 5.11 Å². The van der Waals surface area contributed by atoms with Crippen LogP contribution >= 0.6 is 43.5 Å². The van der Waals surface area contributed by atoms with Gasteiger partial charge in [-0.1, -0.05) is 23.7 Å². The lowest BCUT2D eigenvalue weighted by Crippen LogP contribution is -2.15. The van der Waals surface area contributed by atoms with Crippen LogP contribution < -0.4 is 10.1 Å². The molecule has 32 heavy (non-hydrogen) atoms. The number of para-hydroxylation sites is 1. The van der Waals surface area contributed by atoms with Crippen LogP contribution in [-0.2, 0) is 10.0 Å². The first-order valence-electron chi connectivity index (χ1n) is 8.61. The highest BCUT2D eigenvalue weighted by atomic mass is 79.9. The number of aromatic hydroxyl groups is 1. The second-order valence-electron chi connectivity index (χ2n) is 6.23. The van der Waals surface area contributed by atoms with E-state index in [2.05, 4.69) is 47.1 Å². The van der Waals surface area contributed by atoms with Crippen molar-refractivity contribution in [3.8, 4) is 5.75 Å². The first kappa shape index (κ1) is 24.0. The van der Waals surface area contributed by atoms with Crippen LogP contribution in [0.1, 0.15) is 5.56 Å². The standard InChI is InChI=1S/C19H13Br2ClN4O5S/c20-13-7-11(8-14(21)19(13)27)10-23-24-17-6-5-12(26(28)29)9-18(17)32(30,31)25-16-4-2-1-3-15(16)22/h1-10,24-25,27H/b23-10-. The normalized spacial score (nSPS) is 11.5. The Kier molecular flexibility index (Phi) is 7.39. The van der Waals surface area contributed by atoms with Crippen molar-refractivity contribution in [2.45, 2.75) is 4.90 Å². The zero-order valence-electron chi connectivity index (χ0n) is 15.8. The number of halogens is 3. The number of anilines is 2. The molecule has 0 spiro atoms. The molecule has 0 aliphatic carbocycles. The van der Waals surface area contributed by atoms with Crippen LogP contribution in [-0.4, -0.2) is 24.7 Å². The van der Waals surface area contributed by atoms with Crippen LogP contribution in [0, 0.1) is 10.1 Å². The number of sulfonamides is 1. The molecule has 13 heteroatoms. The summed E-state index contributed by atoms with van der Waals surface area (Å²) >= 11 is 12.4. The number of non-ortho nitro benzene ring substituents is 1. The van der Waals surface area contributed by atoms with Gasteiger partial charge >= 0.3 is 0 Å². The average Bonchev–Trinajstić information content (AvgIpc) is 2.73. The Morgan fingerprint density at radius 1 is 1.06 bits per heavy atom. The van der Waals surface area contributed by atoms with E-state index >= 15 is 0 Å². The van der Waals surface area contributed by atoms with Gasteiger partial charge in [0.15, 0.2) is 0 Å². The van der Waals surface area contributed by atoms with E-state index in [1.165, 1.54) is 24.4 Å². The monoisotopic (exact) mass is 602 g/mol. The predicted octanol–water partition coefficient (Wildman–Crippen LogP) is 5.73. The quantitative estimate of drug-likeness (QED) is 0.179. The molecule has 0 bridgehead atoms. The number of benzene rings is 3. The Morgan fingerprint density at radius 3 is 2.34 bits per heavy atom. The Hall–Kier alpha value is -2.67. The minimum Gasteiger partial charge on any atom is -0.506 e. The fourth-order valence-electron chi connectivity index (χ4n) is 2.52. The molecule has 166 valence electrons. The van der Waals surface area contributed by atoms with Gasteiger partial charge in [0, 0.05) is 12.1 Å². The van der Waals surface area contributed by atoms with E-state index in [9.17, 15) is 23.6 Å². The molecule has 0 heterocycles. The number of rotatable bonds is 7. The molecule has 0 amide bonds. The van der Waals surface area contributed by atoms with Crippen molar-refractivity contribution in [2.24, 2.45) is 5.10 Å². The molecule has 0 saturated heterocycles. The highest BCUT2D eigenvalue weighted by Gasteiger charge is 2.23. The van der Waals surface area contributed by atoms with Gasteiger partial charge in [0.1, 0.15) is 10.6 Å². The van der Waals surface area contributed by atoms with Crippen LogP contribution in [0.25, 0.3) is 0 Å². The maximum Gasteiger partial charge on any atom is 0.270 e. The SMILES string of the molecule is O=[N+]([O-])c1ccc(N/N=C\c2cc(Br)c(O)c(Br)c2)c(S(=O)(=O)Nc2ccccc2Cl)c1. The van der Waals surface area contributed by atoms with Gasteiger partial charge in [-0.05, 0) is 67.8 Å². The van der Waals surface area contributed by atoms with Gasteiger partial charge in [0.05, 0.1) is 36.5 Å². The van der Waals surface area contributed by atoms with Crippen molar-refractivity contribution in [3.05, 3.63) is 84.2 Å². The molecule has 0 atom stereocenters. The number of nitro groups is 1. The number of phenolic OH excluding ortho intramolecular Hbond substituents is 1. The van der Waals surface area contributed by atoms with Crippen molar-refractivity contribution in [1.82, 2.24) is 0 Å². The lowest BCUT2D eigenvalue weighted by atomic mass is 10.2. The molecule has 0 fully saturated rings. The minimum atomic E-state index is -4.26. The van der Waals surface area contributed by atoms with E-state index < -0.39 is 25.5 Å². The van der Waals surface area contributed by atoms with Crippen molar-refractivity contribution >= 4 is 76.8 Å². The summed E-state index contributed by atoms with van der Waals surface area (Å²) in [5, 5.41) is 25.1. The van der Waals surface area contributed by atoms with Crippen LogP contribution in [0.15, 0.2) is 73.5 Å². The summed E-state index contributed by atoms with van der Waals surface area (Å²) in [6.45, 7) is 0. The second kappa shape index (κ2) is 9.86. The Labute approximate surface area is 204 Å². The zero-order valence-corrected chi connectivity index (χ0v) is 20.5. The summed E-state index contributed by atoms with van der Waals surface area (Å²) in [5.74, 6) is 0.0181. The van der Waals surface area contributed by atoms with Crippen molar-refractivity contribution in [2.75, 3.05) is 10.1 Å². The molecule has 3 rings (SSSR count). The smallest absolute Gasteiger partial charge is 0.270 e. The van der Waals surface area contributed by atoms with Gasteiger partial charge in [-0.2, -0.15) is 5.10 Å². The average molecular weight is 605 g/mol. The Bertz CT molecular complexity index is 1310. The highest BCUT2D eigenvalue weighted by Crippen LogP contribution is 2.33. The third-order valence-electron chi connectivity index (χ3n) is 4.02. The first-order chi connectivity index (χ1) is 15.1. The summed E-state index contributed by atoms with van der Waals surface area (Å²) < 4.78 is 29.1. The minimum absolute atomic E-state index is 0.00307. The maximum absolute atomic E-state index is 13.0. The molecule has 3 N–H and O–H groups in total. The fraction of sp³-hybridized carbons (Fsp3) is 0. The molecule has 0 saturated carbocycles. The third kappa shape index (κ3) is 5.57. The summed E-state index contributed by atoms with van der Waals surface area (Å²) in [4.78, 5) is 10.1. The molecule has 9 nitrogen and oxygen atoms in total. The molecular weight excluding hydrogens is 592 g/mol. The zero-order chi connectivity index (χ0) is 23.5. The number of hydrogen-bond donors (Lipinski definition) is 3. The molecule has 0 radical (unpaired) electrons. The lowest BCUT2D eigenvalue weighted by Gasteiger charge is -2.13. The van der Waals surface area contributed by atoms with Gasteiger partial charge in [-0.3, -0.25) is 20.3 Å². The highest BCUT2D eigenvalue weighted by molar-refractivity contribution is 9.11. The summed E-state index contributed by atoms with van der Waals surface area (Å²) in [7, 11) is -4.26. The number of phenols is 1. The molecule has 0 unspecified atom stereocenters. The van der Waals surface area contributed by atoms with Crippen LogP contribution in [0.3, 0.4) is 0 Å². The lowest BCUT2D eigenvalue weighted by molar-refractivity contribution is -0.385. The van der Waals surface area contributed by atoms with Crippen LogP contribution in [0.4, 0.5) is 17.1 Å². The number of nitrogens with one attached hydrogen (secondary N) is 2. The fourth-order valence-corrected chi connectivity index (χ4v) is 5.24. The Balaban J connectivity index is 1.96. The van der Waals surface area contributed by atoms with E-state index in [-0.39, 0.29) is 22.1 Å². The summed E-state index contributed by atoms with van der Waals surface area (Å²) in [6.07, 6.45) is 1.38. The van der Waals surface area contributed by atoms with Gasteiger partial charge in [-0.15, -0.1) is 0 Å². The number of hydrazone groups is 1. The molecule has 3 aromatic rings.